The van der Waals surface area contributed by atoms with Gasteiger partial charge in [-0.3, -0.25) is 9.68 Å². The summed E-state index contributed by atoms with van der Waals surface area (Å²) in [6.45, 7) is 0.114. The van der Waals surface area contributed by atoms with Gasteiger partial charge in [-0.05, 0) is 0 Å². The average molecular weight is 166 g/mol. The van der Waals surface area contributed by atoms with Crippen LogP contribution in [0.15, 0.2) is 0 Å². The minimum absolute atomic E-state index is 0.0556. The Morgan fingerprint density at radius 2 is 1.55 bits per heavy atom. The van der Waals surface area contributed by atoms with Gasteiger partial charge in [-0.1, -0.05) is 5.23 Å². The van der Waals surface area contributed by atoms with Gasteiger partial charge in [-0.25, -0.2) is 0 Å². The fourth-order valence-electron chi connectivity index (χ4n) is 0.428. The topological polar surface area (TPSA) is 88.2 Å². The lowest BCUT2D eigenvalue weighted by Gasteiger charge is -2.17. The molecule has 0 atom stereocenters. The normalized spacial score (nSPS) is 10.9. The Hall–Kier alpha value is -0.240. The van der Waals surface area contributed by atoms with Gasteiger partial charge in [0, 0.05) is 0 Å². The first kappa shape index (κ1) is 10.8. The van der Waals surface area contributed by atoms with Gasteiger partial charge in [0.1, 0.15) is 0 Å². The second-order valence-corrected chi connectivity index (χ2v) is 1.63. The first-order valence-corrected chi connectivity index (χ1v) is 3.30. The Morgan fingerprint density at radius 1 is 1.09 bits per heavy atom. The molecule has 6 nitrogen and oxygen atoms in total. The molecule has 6 heteroatoms. The average Bonchev–Trinajstić information content (AvgIpc) is 2.05. The molecule has 11 heavy (non-hydrogen) atoms. The molecule has 0 rings (SSSR count). The van der Waals surface area contributed by atoms with Crippen molar-refractivity contribution >= 4 is 0 Å². The number of hydrogen-bond donors (Lipinski definition) is 3. The summed E-state index contributed by atoms with van der Waals surface area (Å²) in [6.07, 6.45) is 0. The highest BCUT2D eigenvalue weighted by molar-refractivity contribution is 4.23. The van der Waals surface area contributed by atoms with Crippen molar-refractivity contribution in [3.63, 3.8) is 0 Å². The van der Waals surface area contributed by atoms with Gasteiger partial charge < -0.3 is 15.9 Å². The lowest BCUT2D eigenvalue weighted by molar-refractivity contribution is -0.370. The maximum atomic E-state index is 8.34. The van der Waals surface area contributed by atoms with Gasteiger partial charge in [0.2, 0.25) is 0 Å². The number of aliphatic hydroxyl groups is 2. The highest BCUT2D eigenvalue weighted by Crippen LogP contribution is 1.87. The van der Waals surface area contributed by atoms with Crippen LogP contribution in [0.3, 0.4) is 0 Å². The molecule has 0 heterocycles. The van der Waals surface area contributed by atoms with Crippen molar-refractivity contribution in [3.8, 4) is 0 Å². The number of aliphatic hydroxyl groups excluding tert-OH is 2. The Labute approximate surface area is 65.0 Å². The van der Waals surface area contributed by atoms with E-state index in [0.29, 0.717) is 0 Å². The molecule has 4 N–H and O–H groups in total. The predicted molar refractivity (Wildman–Crippen MR) is 37.0 cm³/mol. The van der Waals surface area contributed by atoms with Crippen molar-refractivity contribution < 1.29 is 19.9 Å². The van der Waals surface area contributed by atoms with E-state index in [1.165, 1.54) is 0 Å². The fourth-order valence-corrected chi connectivity index (χ4v) is 0.428. The lowest BCUT2D eigenvalue weighted by Crippen LogP contribution is -2.32. The summed E-state index contributed by atoms with van der Waals surface area (Å²) in [7, 11) is 0. The monoisotopic (exact) mass is 166 g/mol. The Balaban J connectivity index is 3.25. The van der Waals surface area contributed by atoms with Crippen molar-refractivity contribution in [3.05, 3.63) is 0 Å². The lowest BCUT2D eigenvalue weighted by atomic mass is 10.8. The van der Waals surface area contributed by atoms with Gasteiger partial charge in [0.25, 0.3) is 0 Å². The van der Waals surface area contributed by atoms with Gasteiger partial charge >= 0.3 is 0 Å². The van der Waals surface area contributed by atoms with Crippen LogP contribution in [0, 0.1) is 0 Å². The molecule has 0 aliphatic rings. The number of hydroxylamine groups is 2. The van der Waals surface area contributed by atoms with E-state index in [2.05, 4.69) is 0 Å². The third kappa shape index (κ3) is 6.17. The van der Waals surface area contributed by atoms with Crippen LogP contribution in [0.25, 0.3) is 0 Å². The summed E-state index contributed by atoms with van der Waals surface area (Å²) in [5, 5.41) is 17.7. The van der Waals surface area contributed by atoms with Crippen LogP contribution >= 0.6 is 0 Å². The number of rotatable bonds is 7. The molecular weight excluding hydrogens is 152 g/mol. The van der Waals surface area contributed by atoms with Crippen LogP contribution in [0.1, 0.15) is 0 Å². The zero-order valence-electron chi connectivity index (χ0n) is 6.27. The molecule has 0 aliphatic carbocycles. The molecule has 0 radical (unpaired) electrons. The van der Waals surface area contributed by atoms with E-state index in [1.807, 2.05) is 0 Å². The SMILES string of the molecule is NCN(OCCO)OCCO. The minimum atomic E-state index is -0.0982. The van der Waals surface area contributed by atoms with Crippen LogP contribution in [0.4, 0.5) is 0 Å². The third-order valence-electron chi connectivity index (χ3n) is 0.802. The van der Waals surface area contributed by atoms with E-state index in [4.69, 9.17) is 25.6 Å². The summed E-state index contributed by atoms with van der Waals surface area (Å²) in [4.78, 5) is 9.54. The van der Waals surface area contributed by atoms with Crippen molar-refractivity contribution in [2.75, 3.05) is 33.1 Å². The van der Waals surface area contributed by atoms with Crippen molar-refractivity contribution in [1.29, 1.82) is 0 Å². The van der Waals surface area contributed by atoms with E-state index in [0.717, 1.165) is 5.23 Å². The third-order valence-corrected chi connectivity index (χ3v) is 0.802. The smallest absolute Gasteiger partial charge is 0.0986 e. The second-order valence-electron chi connectivity index (χ2n) is 1.63. The fraction of sp³-hybridized carbons (Fsp3) is 1.00. The number of nitrogens with zero attached hydrogens (tertiary/aromatic N) is 1. The Morgan fingerprint density at radius 3 is 1.82 bits per heavy atom. The number of hydrogen-bond acceptors (Lipinski definition) is 6. The van der Waals surface area contributed by atoms with Crippen molar-refractivity contribution in [1.82, 2.24) is 5.23 Å². The summed E-state index contributed by atoms with van der Waals surface area (Å²) in [5.41, 5.74) is 5.17. The molecule has 0 bridgehead atoms. The van der Waals surface area contributed by atoms with E-state index in [-0.39, 0.29) is 33.1 Å². The predicted octanol–water partition coefficient (Wildman–Crippen LogP) is -1.95. The molecule has 68 valence electrons. The van der Waals surface area contributed by atoms with Crippen molar-refractivity contribution in [2.24, 2.45) is 5.73 Å². The first-order chi connectivity index (χ1) is 5.35. The maximum absolute atomic E-state index is 8.34. The maximum Gasteiger partial charge on any atom is 0.0986 e. The van der Waals surface area contributed by atoms with Crippen LogP contribution in [-0.2, 0) is 9.68 Å². The highest BCUT2D eigenvalue weighted by Gasteiger charge is 2.00. The summed E-state index contributed by atoms with van der Waals surface area (Å²) in [6, 6.07) is 0. The molecule has 0 amide bonds. The van der Waals surface area contributed by atoms with E-state index in [1.54, 1.807) is 0 Å². The number of nitrogens with two attached hydrogens (primary N) is 1. The molecular formula is C5H14N2O4. The molecule has 0 aromatic rings. The van der Waals surface area contributed by atoms with E-state index >= 15 is 0 Å². The molecule has 0 saturated heterocycles. The summed E-state index contributed by atoms with van der Waals surface area (Å²) < 4.78 is 0. The standard InChI is InChI=1S/C5H14N2O4/c6-5-7(10-3-1-8)11-4-2-9/h8-9H,1-6H2. The van der Waals surface area contributed by atoms with Gasteiger partial charge in [0.15, 0.2) is 0 Å². The zero-order valence-corrected chi connectivity index (χ0v) is 6.27. The van der Waals surface area contributed by atoms with E-state index in [9.17, 15) is 0 Å². The van der Waals surface area contributed by atoms with Gasteiger partial charge in [0.05, 0.1) is 33.1 Å². The first-order valence-electron chi connectivity index (χ1n) is 3.30. The molecule has 0 aromatic carbocycles. The van der Waals surface area contributed by atoms with Crippen LogP contribution in [0.5, 0.6) is 0 Å². The second kappa shape index (κ2) is 7.86. The van der Waals surface area contributed by atoms with Gasteiger partial charge in [-0.15, -0.1) is 0 Å². The van der Waals surface area contributed by atoms with Crippen LogP contribution < -0.4 is 5.73 Å². The highest BCUT2D eigenvalue weighted by atomic mass is 16.9. The van der Waals surface area contributed by atoms with Gasteiger partial charge in [-0.2, -0.15) is 0 Å². The zero-order chi connectivity index (χ0) is 8.53. The minimum Gasteiger partial charge on any atom is -0.394 e. The van der Waals surface area contributed by atoms with Crippen LogP contribution in [0.2, 0.25) is 0 Å². The van der Waals surface area contributed by atoms with E-state index < -0.39 is 0 Å². The summed E-state index contributed by atoms with van der Waals surface area (Å²) >= 11 is 0. The molecule has 0 unspecified atom stereocenters. The molecule has 0 saturated carbocycles. The molecule has 0 aliphatic heterocycles. The molecule has 0 fully saturated rings. The molecule has 0 aromatic heterocycles. The van der Waals surface area contributed by atoms with Crippen LogP contribution in [-0.4, -0.2) is 48.5 Å². The Kier molecular flexibility index (Phi) is 7.69. The summed E-state index contributed by atoms with van der Waals surface area (Å²) in [5.74, 6) is 0. The quantitative estimate of drug-likeness (QED) is 0.301. The molecule has 0 spiro atoms. The largest absolute Gasteiger partial charge is 0.394 e. The Bertz CT molecular complexity index is 74.9. The van der Waals surface area contributed by atoms with Crippen molar-refractivity contribution in [2.45, 2.75) is 0 Å².